The summed E-state index contributed by atoms with van der Waals surface area (Å²) >= 11 is 0. The molecule has 0 aromatic rings. The van der Waals surface area contributed by atoms with E-state index in [1.54, 1.807) is 0 Å². The standard InChI is InChI=1S/C47H82O6/c1-4-7-10-13-15-17-19-21-23-25-27-29-31-34-37-40-46(49)52-43-44(42-51-45(48)39-36-33-12-9-6-3)53-47(50)41-38-35-32-30-28-26-24-22-20-18-16-14-11-8-5-2/h15-18,21-24,44H,4-14,19-20,25-43H2,1-3H3/b17-15-,18-16-,23-21-,24-22-. The normalized spacial score (nSPS) is 12.4. The molecule has 0 N–H and O–H groups in total. The molecule has 0 aliphatic carbocycles. The quantitative estimate of drug-likeness (QED) is 0.0270. The van der Waals surface area contributed by atoms with Crippen molar-refractivity contribution in [2.45, 2.75) is 219 Å². The molecular weight excluding hydrogens is 661 g/mol. The first-order valence-corrected chi connectivity index (χ1v) is 22.1. The summed E-state index contributed by atoms with van der Waals surface area (Å²) < 4.78 is 16.6. The molecule has 6 heteroatoms. The zero-order valence-corrected chi connectivity index (χ0v) is 34.8. The molecule has 0 amide bonds. The highest BCUT2D eigenvalue weighted by Crippen LogP contribution is 2.12. The molecule has 0 saturated heterocycles. The number of carbonyl (C=O) groups excluding carboxylic acids is 3. The highest BCUT2D eigenvalue weighted by molar-refractivity contribution is 5.71. The molecule has 0 aliphatic rings. The van der Waals surface area contributed by atoms with Gasteiger partial charge in [-0.1, -0.05) is 159 Å². The lowest BCUT2D eigenvalue weighted by Gasteiger charge is -2.18. The number of unbranched alkanes of at least 4 members (excludes halogenated alkanes) is 20. The first-order valence-electron chi connectivity index (χ1n) is 22.1. The van der Waals surface area contributed by atoms with Gasteiger partial charge in [0.15, 0.2) is 6.10 Å². The van der Waals surface area contributed by atoms with E-state index < -0.39 is 6.10 Å². The number of rotatable bonds is 39. The van der Waals surface area contributed by atoms with Gasteiger partial charge in [-0.05, 0) is 83.5 Å². The molecule has 0 heterocycles. The summed E-state index contributed by atoms with van der Waals surface area (Å²) in [7, 11) is 0. The minimum Gasteiger partial charge on any atom is -0.462 e. The van der Waals surface area contributed by atoms with Crippen molar-refractivity contribution in [3.63, 3.8) is 0 Å². The molecular formula is C47H82O6. The first-order chi connectivity index (χ1) is 26.0. The van der Waals surface area contributed by atoms with Crippen LogP contribution in [0.1, 0.15) is 213 Å². The van der Waals surface area contributed by atoms with Crippen molar-refractivity contribution >= 4 is 17.9 Å². The number of hydrogen-bond donors (Lipinski definition) is 0. The summed E-state index contributed by atoms with van der Waals surface area (Å²) in [6, 6.07) is 0. The van der Waals surface area contributed by atoms with Gasteiger partial charge in [0.05, 0.1) is 0 Å². The summed E-state index contributed by atoms with van der Waals surface area (Å²) in [5, 5.41) is 0. The van der Waals surface area contributed by atoms with Crippen molar-refractivity contribution in [1.82, 2.24) is 0 Å². The monoisotopic (exact) mass is 743 g/mol. The Hall–Kier alpha value is -2.63. The predicted molar refractivity (Wildman–Crippen MR) is 224 cm³/mol. The highest BCUT2D eigenvalue weighted by Gasteiger charge is 2.19. The van der Waals surface area contributed by atoms with Gasteiger partial charge in [0.2, 0.25) is 0 Å². The summed E-state index contributed by atoms with van der Waals surface area (Å²) in [5.74, 6) is -0.929. The van der Waals surface area contributed by atoms with E-state index in [0.717, 1.165) is 109 Å². The van der Waals surface area contributed by atoms with E-state index in [-0.39, 0.29) is 31.1 Å². The van der Waals surface area contributed by atoms with Crippen LogP contribution in [0.15, 0.2) is 48.6 Å². The molecule has 0 spiro atoms. The topological polar surface area (TPSA) is 78.9 Å². The van der Waals surface area contributed by atoms with E-state index >= 15 is 0 Å². The third-order valence-corrected chi connectivity index (χ3v) is 9.31. The van der Waals surface area contributed by atoms with Crippen molar-refractivity contribution in [3.8, 4) is 0 Å². The molecule has 0 radical (unpaired) electrons. The second kappa shape index (κ2) is 42.1. The van der Waals surface area contributed by atoms with Gasteiger partial charge in [0.1, 0.15) is 13.2 Å². The number of carbonyl (C=O) groups is 3. The zero-order chi connectivity index (χ0) is 38.7. The lowest BCUT2D eigenvalue weighted by atomic mass is 10.1. The lowest BCUT2D eigenvalue weighted by Crippen LogP contribution is -2.30. The predicted octanol–water partition coefficient (Wildman–Crippen LogP) is 14.0. The largest absolute Gasteiger partial charge is 0.462 e. The van der Waals surface area contributed by atoms with Crippen LogP contribution in [-0.4, -0.2) is 37.2 Å². The maximum atomic E-state index is 12.7. The molecule has 0 rings (SSSR count). The van der Waals surface area contributed by atoms with Crippen LogP contribution >= 0.6 is 0 Å². The minimum absolute atomic E-state index is 0.0847. The number of esters is 3. The Morgan fingerprint density at radius 1 is 0.377 bits per heavy atom. The van der Waals surface area contributed by atoms with Crippen molar-refractivity contribution in [3.05, 3.63) is 48.6 Å². The van der Waals surface area contributed by atoms with Crippen LogP contribution in [0.5, 0.6) is 0 Å². The zero-order valence-electron chi connectivity index (χ0n) is 34.8. The van der Waals surface area contributed by atoms with Gasteiger partial charge in [-0.25, -0.2) is 0 Å². The third-order valence-electron chi connectivity index (χ3n) is 9.31. The molecule has 0 fully saturated rings. The second-order valence-electron chi connectivity index (χ2n) is 14.6. The Morgan fingerprint density at radius 3 is 1.08 bits per heavy atom. The summed E-state index contributed by atoms with van der Waals surface area (Å²) in [6.07, 6.45) is 48.3. The maximum Gasteiger partial charge on any atom is 0.306 e. The average Bonchev–Trinajstić information content (AvgIpc) is 3.15. The van der Waals surface area contributed by atoms with Gasteiger partial charge in [-0.3, -0.25) is 14.4 Å². The van der Waals surface area contributed by atoms with Crippen molar-refractivity contribution in [1.29, 1.82) is 0 Å². The Balaban J connectivity index is 4.29. The Kier molecular flexibility index (Phi) is 40.0. The minimum atomic E-state index is -0.780. The molecule has 306 valence electrons. The van der Waals surface area contributed by atoms with Gasteiger partial charge >= 0.3 is 17.9 Å². The lowest BCUT2D eigenvalue weighted by molar-refractivity contribution is -0.167. The summed E-state index contributed by atoms with van der Waals surface area (Å²) in [4.78, 5) is 37.4. The fourth-order valence-corrected chi connectivity index (χ4v) is 5.91. The summed E-state index contributed by atoms with van der Waals surface area (Å²) in [5.41, 5.74) is 0. The van der Waals surface area contributed by atoms with E-state index in [0.29, 0.717) is 19.3 Å². The Labute approximate surface area is 327 Å². The van der Waals surface area contributed by atoms with Crippen molar-refractivity contribution < 1.29 is 28.6 Å². The van der Waals surface area contributed by atoms with Gasteiger partial charge in [0, 0.05) is 19.3 Å². The number of ether oxygens (including phenoxy) is 3. The fourth-order valence-electron chi connectivity index (χ4n) is 5.91. The SMILES string of the molecule is CCCCC/C=C\C/C=C\CCCCCCCC(=O)OCC(COC(=O)CCCCCCC)OC(=O)CCCCCCC/C=C\C/C=C\CCCCC. The number of allylic oxidation sites excluding steroid dienone is 8. The van der Waals surface area contributed by atoms with Crippen molar-refractivity contribution in [2.75, 3.05) is 13.2 Å². The van der Waals surface area contributed by atoms with E-state index in [1.165, 1.54) is 64.2 Å². The van der Waals surface area contributed by atoms with Crippen LogP contribution in [-0.2, 0) is 28.6 Å². The highest BCUT2D eigenvalue weighted by atomic mass is 16.6. The van der Waals surface area contributed by atoms with E-state index in [4.69, 9.17) is 14.2 Å². The van der Waals surface area contributed by atoms with Crippen LogP contribution in [0.25, 0.3) is 0 Å². The van der Waals surface area contributed by atoms with Gasteiger partial charge < -0.3 is 14.2 Å². The van der Waals surface area contributed by atoms with Gasteiger partial charge in [-0.2, -0.15) is 0 Å². The fraction of sp³-hybridized carbons (Fsp3) is 0.766. The first kappa shape index (κ1) is 50.4. The Morgan fingerprint density at radius 2 is 0.679 bits per heavy atom. The Bertz CT molecular complexity index is 949. The van der Waals surface area contributed by atoms with Crippen molar-refractivity contribution in [2.24, 2.45) is 0 Å². The molecule has 0 aromatic heterocycles. The molecule has 6 nitrogen and oxygen atoms in total. The van der Waals surface area contributed by atoms with Crippen LogP contribution in [0, 0.1) is 0 Å². The second-order valence-corrected chi connectivity index (χ2v) is 14.6. The molecule has 0 aliphatic heterocycles. The van der Waals surface area contributed by atoms with Gasteiger partial charge in [0.25, 0.3) is 0 Å². The van der Waals surface area contributed by atoms with Crippen LogP contribution in [0.2, 0.25) is 0 Å². The number of hydrogen-bond acceptors (Lipinski definition) is 6. The van der Waals surface area contributed by atoms with E-state index in [9.17, 15) is 14.4 Å². The summed E-state index contributed by atoms with van der Waals surface area (Å²) in [6.45, 7) is 6.46. The van der Waals surface area contributed by atoms with Crippen LogP contribution < -0.4 is 0 Å². The average molecular weight is 743 g/mol. The molecule has 53 heavy (non-hydrogen) atoms. The van der Waals surface area contributed by atoms with Gasteiger partial charge in [-0.15, -0.1) is 0 Å². The molecule has 1 atom stereocenters. The molecule has 0 bridgehead atoms. The molecule has 0 aromatic carbocycles. The maximum absolute atomic E-state index is 12.7. The van der Waals surface area contributed by atoms with E-state index in [1.807, 2.05) is 0 Å². The van der Waals surface area contributed by atoms with Crippen LogP contribution in [0.4, 0.5) is 0 Å². The molecule has 1 unspecified atom stereocenters. The third kappa shape index (κ3) is 40.4. The molecule has 0 saturated carbocycles. The smallest absolute Gasteiger partial charge is 0.306 e. The van der Waals surface area contributed by atoms with E-state index in [2.05, 4.69) is 69.4 Å². The van der Waals surface area contributed by atoms with Crippen LogP contribution in [0.3, 0.4) is 0 Å².